The van der Waals surface area contributed by atoms with E-state index in [1.54, 1.807) is 4.90 Å². The van der Waals surface area contributed by atoms with E-state index in [-0.39, 0.29) is 18.6 Å². The maximum absolute atomic E-state index is 12.1. The van der Waals surface area contributed by atoms with Gasteiger partial charge in [0.25, 0.3) is 5.91 Å². The number of nitrogens with two attached hydrogens (primary N) is 1. The Morgan fingerprint density at radius 3 is 2.80 bits per heavy atom. The molecule has 2 rings (SSSR count). The van der Waals surface area contributed by atoms with Crippen molar-refractivity contribution in [3.05, 3.63) is 29.3 Å². The Hall–Kier alpha value is -1.59. The van der Waals surface area contributed by atoms with E-state index in [0.29, 0.717) is 32.1 Å². The zero-order valence-electron chi connectivity index (χ0n) is 12.1. The Kier molecular flexibility index (Phi) is 4.98. The van der Waals surface area contributed by atoms with Crippen molar-refractivity contribution >= 4 is 5.91 Å². The first-order chi connectivity index (χ1) is 9.58. The molecule has 0 aromatic heterocycles. The van der Waals surface area contributed by atoms with Gasteiger partial charge in [0.05, 0.1) is 13.2 Å². The van der Waals surface area contributed by atoms with Gasteiger partial charge in [-0.05, 0) is 25.5 Å². The van der Waals surface area contributed by atoms with Crippen LogP contribution >= 0.6 is 0 Å². The SMILES string of the molecule is Cc1ccc(C(C)N)c(OCC(=O)N2CCOCC2)c1. The number of carbonyl (C=O) groups is 1. The lowest BCUT2D eigenvalue weighted by Crippen LogP contribution is -2.43. The molecule has 0 bridgehead atoms. The second-order valence-electron chi connectivity index (χ2n) is 5.11. The Morgan fingerprint density at radius 2 is 2.15 bits per heavy atom. The van der Waals surface area contributed by atoms with Crippen LogP contribution in [0.4, 0.5) is 0 Å². The van der Waals surface area contributed by atoms with Crippen molar-refractivity contribution in [3.63, 3.8) is 0 Å². The molecule has 5 heteroatoms. The summed E-state index contributed by atoms with van der Waals surface area (Å²) in [6, 6.07) is 5.75. The minimum Gasteiger partial charge on any atom is -0.483 e. The quantitative estimate of drug-likeness (QED) is 0.900. The van der Waals surface area contributed by atoms with E-state index >= 15 is 0 Å². The molecule has 0 aliphatic carbocycles. The maximum Gasteiger partial charge on any atom is 0.260 e. The Bertz CT molecular complexity index is 468. The topological polar surface area (TPSA) is 64.8 Å². The number of benzene rings is 1. The molecule has 0 spiro atoms. The number of hydrogen-bond donors (Lipinski definition) is 1. The van der Waals surface area contributed by atoms with Crippen molar-refractivity contribution in [2.45, 2.75) is 19.9 Å². The molecule has 0 radical (unpaired) electrons. The van der Waals surface area contributed by atoms with Gasteiger partial charge in [-0.25, -0.2) is 0 Å². The molecule has 1 aromatic carbocycles. The van der Waals surface area contributed by atoms with Gasteiger partial charge in [-0.15, -0.1) is 0 Å². The minimum absolute atomic E-state index is 0.00886. The van der Waals surface area contributed by atoms with Gasteiger partial charge in [0.2, 0.25) is 0 Å². The monoisotopic (exact) mass is 278 g/mol. The predicted octanol–water partition coefficient (Wildman–Crippen LogP) is 1.25. The first kappa shape index (κ1) is 14.8. The first-order valence-corrected chi connectivity index (χ1v) is 6.92. The number of carbonyl (C=O) groups excluding carboxylic acids is 1. The summed E-state index contributed by atoms with van der Waals surface area (Å²) in [4.78, 5) is 13.8. The van der Waals surface area contributed by atoms with E-state index in [0.717, 1.165) is 11.1 Å². The maximum atomic E-state index is 12.1. The molecule has 1 heterocycles. The van der Waals surface area contributed by atoms with E-state index in [2.05, 4.69) is 0 Å². The van der Waals surface area contributed by atoms with Crippen LogP contribution in [-0.4, -0.2) is 43.7 Å². The van der Waals surface area contributed by atoms with Crippen molar-refractivity contribution in [2.24, 2.45) is 5.73 Å². The number of ether oxygens (including phenoxy) is 2. The number of rotatable bonds is 4. The molecule has 1 aliphatic rings. The molecule has 1 aromatic rings. The summed E-state index contributed by atoms with van der Waals surface area (Å²) in [5.74, 6) is 0.687. The molecular weight excluding hydrogens is 256 g/mol. The van der Waals surface area contributed by atoms with E-state index in [1.807, 2.05) is 32.0 Å². The Balaban J connectivity index is 1.99. The van der Waals surface area contributed by atoms with E-state index in [9.17, 15) is 4.79 Å². The zero-order chi connectivity index (χ0) is 14.5. The van der Waals surface area contributed by atoms with Crippen molar-refractivity contribution in [2.75, 3.05) is 32.9 Å². The van der Waals surface area contributed by atoms with E-state index in [4.69, 9.17) is 15.2 Å². The Morgan fingerprint density at radius 1 is 1.45 bits per heavy atom. The van der Waals surface area contributed by atoms with Gasteiger partial charge in [0.1, 0.15) is 5.75 Å². The normalized spacial score (nSPS) is 16.9. The summed E-state index contributed by atoms with van der Waals surface area (Å²) >= 11 is 0. The summed E-state index contributed by atoms with van der Waals surface area (Å²) in [5.41, 5.74) is 7.93. The third-order valence-electron chi connectivity index (χ3n) is 3.37. The summed E-state index contributed by atoms with van der Waals surface area (Å²) in [5, 5.41) is 0. The number of amides is 1. The van der Waals surface area contributed by atoms with Crippen LogP contribution in [0.2, 0.25) is 0 Å². The van der Waals surface area contributed by atoms with Crippen molar-refractivity contribution < 1.29 is 14.3 Å². The molecule has 1 atom stereocenters. The third-order valence-corrected chi connectivity index (χ3v) is 3.37. The molecule has 1 fully saturated rings. The van der Waals surface area contributed by atoms with Crippen LogP contribution in [0.5, 0.6) is 5.75 Å². The zero-order valence-corrected chi connectivity index (χ0v) is 12.1. The summed E-state index contributed by atoms with van der Waals surface area (Å²) in [6.45, 7) is 6.40. The van der Waals surface area contributed by atoms with Crippen molar-refractivity contribution in [3.8, 4) is 5.75 Å². The fourth-order valence-corrected chi connectivity index (χ4v) is 2.19. The second-order valence-corrected chi connectivity index (χ2v) is 5.11. The van der Waals surface area contributed by atoms with Crippen LogP contribution in [0, 0.1) is 6.92 Å². The van der Waals surface area contributed by atoms with Crippen LogP contribution in [-0.2, 0) is 9.53 Å². The number of nitrogens with zero attached hydrogens (tertiary/aromatic N) is 1. The van der Waals surface area contributed by atoms with E-state index < -0.39 is 0 Å². The van der Waals surface area contributed by atoms with Gasteiger partial charge in [0.15, 0.2) is 6.61 Å². The van der Waals surface area contributed by atoms with Gasteiger partial charge in [-0.2, -0.15) is 0 Å². The molecule has 1 aliphatic heterocycles. The smallest absolute Gasteiger partial charge is 0.260 e. The molecule has 0 saturated carbocycles. The fraction of sp³-hybridized carbons (Fsp3) is 0.533. The number of aryl methyl sites for hydroxylation is 1. The molecule has 1 saturated heterocycles. The molecular formula is C15H22N2O3. The highest BCUT2D eigenvalue weighted by molar-refractivity contribution is 5.77. The molecule has 110 valence electrons. The van der Waals surface area contributed by atoms with Crippen LogP contribution in [0.15, 0.2) is 18.2 Å². The summed E-state index contributed by atoms with van der Waals surface area (Å²) < 4.78 is 10.9. The van der Waals surface area contributed by atoms with Crippen LogP contribution < -0.4 is 10.5 Å². The highest BCUT2D eigenvalue weighted by atomic mass is 16.5. The first-order valence-electron chi connectivity index (χ1n) is 6.92. The van der Waals surface area contributed by atoms with Crippen molar-refractivity contribution in [1.82, 2.24) is 4.90 Å². The van der Waals surface area contributed by atoms with E-state index in [1.165, 1.54) is 0 Å². The lowest BCUT2D eigenvalue weighted by atomic mass is 10.1. The third kappa shape index (κ3) is 3.71. The average Bonchev–Trinajstić information content (AvgIpc) is 2.45. The predicted molar refractivity (Wildman–Crippen MR) is 76.7 cm³/mol. The summed E-state index contributed by atoms with van der Waals surface area (Å²) in [6.07, 6.45) is 0. The molecule has 5 nitrogen and oxygen atoms in total. The average molecular weight is 278 g/mol. The number of hydrogen-bond acceptors (Lipinski definition) is 4. The lowest BCUT2D eigenvalue weighted by Gasteiger charge is -2.27. The van der Waals surface area contributed by atoms with Gasteiger partial charge in [-0.1, -0.05) is 12.1 Å². The van der Waals surface area contributed by atoms with Crippen LogP contribution in [0.25, 0.3) is 0 Å². The Labute approximate surface area is 119 Å². The largest absolute Gasteiger partial charge is 0.483 e. The molecule has 20 heavy (non-hydrogen) atoms. The lowest BCUT2D eigenvalue weighted by molar-refractivity contribution is -0.137. The molecule has 2 N–H and O–H groups in total. The highest BCUT2D eigenvalue weighted by Crippen LogP contribution is 2.25. The highest BCUT2D eigenvalue weighted by Gasteiger charge is 2.18. The molecule has 1 unspecified atom stereocenters. The summed E-state index contributed by atoms with van der Waals surface area (Å²) in [7, 11) is 0. The van der Waals surface area contributed by atoms with Gasteiger partial charge in [-0.3, -0.25) is 4.79 Å². The standard InChI is InChI=1S/C15H22N2O3/c1-11-3-4-13(12(2)16)14(9-11)20-10-15(18)17-5-7-19-8-6-17/h3-4,9,12H,5-8,10,16H2,1-2H3. The van der Waals surface area contributed by atoms with Gasteiger partial charge in [0, 0.05) is 24.7 Å². The fourth-order valence-electron chi connectivity index (χ4n) is 2.19. The second kappa shape index (κ2) is 6.72. The van der Waals surface area contributed by atoms with Gasteiger partial charge >= 0.3 is 0 Å². The van der Waals surface area contributed by atoms with Gasteiger partial charge < -0.3 is 20.1 Å². The van der Waals surface area contributed by atoms with Crippen LogP contribution in [0.3, 0.4) is 0 Å². The minimum atomic E-state index is -0.121. The molecule has 1 amide bonds. The van der Waals surface area contributed by atoms with Crippen LogP contribution in [0.1, 0.15) is 24.1 Å². The number of morpholine rings is 1. The van der Waals surface area contributed by atoms with Crippen molar-refractivity contribution in [1.29, 1.82) is 0 Å².